The van der Waals surface area contributed by atoms with Gasteiger partial charge in [0.25, 0.3) is 0 Å². The van der Waals surface area contributed by atoms with Crippen LogP contribution in [0.5, 0.6) is 0 Å². The molecule has 5 heteroatoms. The highest BCUT2D eigenvalue weighted by Gasteiger charge is 2.18. The molecule has 0 spiro atoms. The lowest BCUT2D eigenvalue weighted by Crippen LogP contribution is -2.34. The summed E-state index contributed by atoms with van der Waals surface area (Å²) in [6.07, 6.45) is 3.58. The third-order valence-corrected chi connectivity index (χ3v) is 3.95. The maximum Gasteiger partial charge on any atom is 0.222 e. The highest BCUT2D eigenvalue weighted by atomic mass is 16.2. The van der Waals surface area contributed by atoms with Gasteiger partial charge in [-0.2, -0.15) is 0 Å². The van der Waals surface area contributed by atoms with Crippen LogP contribution in [0.3, 0.4) is 0 Å². The number of hydrogen-bond donors (Lipinski definition) is 2. The highest BCUT2D eigenvalue weighted by Crippen LogP contribution is 2.19. The number of nitrogens with one attached hydrogen (secondary N) is 2. The van der Waals surface area contributed by atoms with Crippen LogP contribution in [0.1, 0.15) is 18.4 Å². The van der Waals surface area contributed by atoms with Crippen molar-refractivity contribution in [2.45, 2.75) is 19.3 Å². The fraction of sp³-hybridized carbons (Fsp3) is 0.375. The number of aromatic amines is 1. The summed E-state index contributed by atoms with van der Waals surface area (Å²) in [6.45, 7) is 1.69. The summed E-state index contributed by atoms with van der Waals surface area (Å²) in [6, 6.07) is 8.11. The Morgan fingerprint density at radius 1 is 1.24 bits per heavy atom. The second kappa shape index (κ2) is 5.99. The number of hydrogen-bond acceptors (Lipinski definition) is 2. The lowest BCUT2D eigenvalue weighted by atomic mass is 10.1. The Morgan fingerprint density at radius 3 is 3.00 bits per heavy atom. The first-order valence-electron chi connectivity index (χ1n) is 7.33. The predicted molar refractivity (Wildman–Crippen MR) is 80.8 cm³/mol. The van der Waals surface area contributed by atoms with Gasteiger partial charge < -0.3 is 15.2 Å². The maximum atomic E-state index is 12.3. The van der Waals surface area contributed by atoms with Gasteiger partial charge in [-0.3, -0.25) is 9.59 Å². The number of nitrogens with zero attached hydrogens (tertiary/aromatic N) is 1. The van der Waals surface area contributed by atoms with Gasteiger partial charge in [-0.05, 0) is 18.1 Å². The number of carbonyl (C=O) groups excluding carboxylic acids is 2. The van der Waals surface area contributed by atoms with E-state index in [1.165, 1.54) is 10.9 Å². The van der Waals surface area contributed by atoms with Gasteiger partial charge in [0, 0.05) is 49.6 Å². The van der Waals surface area contributed by atoms with Crippen LogP contribution in [0.4, 0.5) is 0 Å². The summed E-state index contributed by atoms with van der Waals surface area (Å²) in [5.41, 5.74) is 2.27. The third kappa shape index (κ3) is 3.07. The minimum atomic E-state index is 0.0296. The average molecular weight is 285 g/mol. The minimum Gasteiger partial charge on any atom is -0.361 e. The zero-order valence-electron chi connectivity index (χ0n) is 11.9. The molecule has 2 N–H and O–H groups in total. The summed E-state index contributed by atoms with van der Waals surface area (Å²) in [7, 11) is 0. The molecule has 1 aromatic heterocycles. The van der Waals surface area contributed by atoms with Gasteiger partial charge in [0.2, 0.25) is 11.8 Å². The van der Waals surface area contributed by atoms with Crippen molar-refractivity contribution in [1.29, 1.82) is 0 Å². The predicted octanol–water partition coefficient (Wildman–Crippen LogP) is 1.45. The fourth-order valence-corrected chi connectivity index (χ4v) is 2.75. The van der Waals surface area contributed by atoms with Gasteiger partial charge in [0.1, 0.15) is 0 Å². The molecule has 110 valence electrons. The van der Waals surface area contributed by atoms with Crippen LogP contribution in [-0.2, 0) is 16.0 Å². The number of rotatable bonds is 3. The standard InChI is InChI=1S/C16H19N3O2/c20-15-7-9-19(10-8-17-15)16(21)6-5-12-11-18-14-4-2-1-3-13(12)14/h1-4,11,18H,5-10H2,(H,17,20). The Labute approximate surface area is 123 Å². The van der Waals surface area contributed by atoms with E-state index in [9.17, 15) is 9.59 Å². The quantitative estimate of drug-likeness (QED) is 0.896. The molecule has 3 rings (SSSR count). The van der Waals surface area contributed by atoms with Gasteiger partial charge in [-0.1, -0.05) is 18.2 Å². The second-order valence-electron chi connectivity index (χ2n) is 5.34. The van der Waals surface area contributed by atoms with Crippen LogP contribution >= 0.6 is 0 Å². The van der Waals surface area contributed by atoms with Crippen molar-refractivity contribution >= 4 is 22.7 Å². The molecule has 1 aromatic carbocycles. The van der Waals surface area contributed by atoms with Crippen molar-refractivity contribution in [1.82, 2.24) is 15.2 Å². The van der Waals surface area contributed by atoms with Crippen LogP contribution in [-0.4, -0.2) is 41.3 Å². The van der Waals surface area contributed by atoms with Crippen molar-refractivity contribution in [3.05, 3.63) is 36.0 Å². The first kappa shape index (κ1) is 13.7. The summed E-state index contributed by atoms with van der Waals surface area (Å²) in [4.78, 5) is 28.6. The van der Waals surface area contributed by atoms with Gasteiger partial charge in [-0.15, -0.1) is 0 Å². The Morgan fingerprint density at radius 2 is 2.10 bits per heavy atom. The lowest BCUT2D eigenvalue weighted by Gasteiger charge is -2.19. The van der Waals surface area contributed by atoms with Crippen LogP contribution in [0.25, 0.3) is 10.9 Å². The SMILES string of the molecule is O=C1CCN(C(=O)CCc2c[nH]c3ccccc23)CCN1. The smallest absolute Gasteiger partial charge is 0.222 e. The normalized spacial score (nSPS) is 15.8. The molecule has 0 bridgehead atoms. The van der Waals surface area contributed by atoms with E-state index in [1.807, 2.05) is 24.4 Å². The summed E-state index contributed by atoms with van der Waals surface area (Å²) in [5, 5.41) is 3.96. The van der Waals surface area contributed by atoms with E-state index < -0.39 is 0 Å². The topological polar surface area (TPSA) is 65.2 Å². The number of aryl methyl sites for hydroxylation is 1. The van der Waals surface area contributed by atoms with E-state index in [-0.39, 0.29) is 11.8 Å². The molecule has 1 fully saturated rings. The number of aromatic nitrogens is 1. The van der Waals surface area contributed by atoms with Gasteiger partial charge in [-0.25, -0.2) is 0 Å². The van der Waals surface area contributed by atoms with E-state index in [0.29, 0.717) is 32.5 Å². The summed E-state index contributed by atoms with van der Waals surface area (Å²) >= 11 is 0. The van der Waals surface area contributed by atoms with Gasteiger partial charge >= 0.3 is 0 Å². The van der Waals surface area contributed by atoms with Gasteiger partial charge in [0.15, 0.2) is 0 Å². The number of para-hydroxylation sites is 1. The molecule has 21 heavy (non-hydrogen) atoms. The molecular weight excluding hydrogens is 266 g/mol. The van der Waals surface area contributed by atoms with E-state index in [2.05, 4.69) is 16.4 Å². The molecule has 0 saturated carbocycles. The zero-order valence-corrected chi connectivity index (χ0v) is 11.9. The number of amides is 2. The monoisotopic (exact) mass is 285 g/mol. The molecule has 2 heterocycles. The molecule has 1 aliphatic heterocycles. The molecule has 1 aliphatic rings. The molecule has 0 aliphatic carbocycles. The Kier molecular flexibility index (Phi) is 3.90. The molecule has 2 aromatic rings. The van der Waals surface area contributed by atoms with Gasteiger partial charge in [0.05, 0.1) is 0 Å². The maximum absolute atomic E-state index is 12.3. The minimum absolute atomic E-state index is 0.0296. The van der Waals surface area contributed by atoms with Crippen LogP contribution in [0.2, 0.25) is 0 Å². The van der Waals surface area contributed by atoms with E-state index in [0.717, 1.165) is 11.9 Å². The number of fused-ring (bicyclic) bond motifs is 1. The first-order chi connectivity index (χ1) is 10.2. The Bertz CT molecular complexity index is 662. The largest absolute Gasteiger partial charge is 0.361 e. The van der Waals surface area contributed by atoms with Crippen molar-refractivity contribution in [2.24, 2.45) is 0 Å². The second-order valence-corrected chi connectivity index (χ2v) is 5.34. The average Bonchev–Trinajstić information content (AvgIpc) is 2.78. The highest BCUT2D eigenvalue weighted by molar-refractivity contribution is 5.84. The Hall–Kier alpha value is -2.30. The lowest BCUT2D eigenvalue weighted by molar-refractivity contribution is -0.131. The molecule has 1 saturated heterocycles. The van der Waals surface area contributed by atoms with Crippen molar-refractivity contribution in [3.63, 3.8) is 0 Å². The van der Waals surface area contributed by atoms with Crippen LogP contribution < -0.4 is 5.32 Å². The molecule has 0 radical (unpaired) electrons. The van der Waals surface area contributed by atoms with E-state index >= 15 is 0 Å². The summed E-state index contributed by atoms with van der Waals surface area (Å²) < 4.78 is 0. The van der Waals surface area contributed by atoms with Crippen molar-refractivity contribution in [3.8, 4) is 0 Å². The number of H-pyrrole nitrogens is 1. The first-order valence-corrected chi connectivity index (χ1v) is 7.33. The van der Waals surface area contributed by atoms with Crippen LogP contribution in [0.15, 0.2) is 30.5 Å². The molecular formula is C16H19N3O2. The summed E-state index contributed by atoms with van der Waals surface area (Å²) in [5.74, 6) is 0.152. The van der Waals surface area contributed by atoms with Crippen molar-refractivity contribution in [2.75, 3.05) is 19.6 Å². The number of carbonyl (C=O) groups is 2. The molecule has 5 nitrogen and oxygen atoms in total. The molecule has 0 atom stereocenters. The Balaban J connectivity index is 1.61. The zero-order chi connectivity index (χ0) is 14.7. The van der Waals surface area contributed by atoms with E-state index in [1.54, 1.807) is 4.90 Å². The van der Waals surface area contributed by atoms with E-state index in [4.69, 9.17) is 0 Å². The number of benzene rings is 1. The fourth-order valence-electron chi connectivity index (χ4n) is 2.75. The third-order valence-electron chi connectivity index (χ3n) is 3.95. The van der Waals surface area contributed by atoms with Crippen LogP contribution in [0, 0.1) is 0 Å². The molecule has 0 unspecified atom stereocenters. The van der Waals surface area contributed by atoms with Crippen molar-refractivity contribution < 1.29 is 9.59 Å². The molecule has 2 amide bonds.